The number of nitrogens with zero attached hydrogens (tertiary/aromatic N) is 2. The van der Waals surface area contributed by atoms with E-state index in [2.05, 4.69) is 20.6 Å². The lowest BCUT2D eigenvalue weighted by Crippen LogP contribution is -2.12. The van der Waals surface area contributed by atoms with Crippen molar-refractivity contribution in [3.8, 4) is 0 Å². The minimum absolute atomic E-state index is 0.0235. The molecule has 0 aliphatic heterocycles. The van der Waals surface area contributed by atoms with Gasteiger partial charge in [-0.3, -0.25) is 0 Å². The van der Waals surface area contributed by atoms with E-state index in [1.165, 1.54) is 11.3 Å². The van der Waals surface area contributed by atoms with Crippen LogP contribution in [0.15, 0.2) is 11.4 Å². The summed E-state index contributed by atoms with van der Waals surface area (Å²) in [5.41, 5.74) is 0. The Morgan fingerprint density at radius 3 is 2.75 bits per heavy atom. The Kier molecular flexibility index (Phi) is 4.64. The van der Waals surface area contributed by atoms with Crippen molar-refractivity contribution >= 4 is 33.3 Å². The van der Waals surface area contributed by atoms with Gasteiger partial charge in [-0.05, 0) is 24.8 Å². The van der Waals surface area contributed by atoms with Gasteiger partial charge in [-0.15, -0.1) is 11.3 Å². The average molecular weight is 304 g/mol. The Hall–Kier alpha value is -1.57. The summed E-state index contributed by atoms with van der Waals surface area (Å²) in [6, 6.07) is 1.86. The van der Waals surface area contributed by atoms with E-state index in [1.807, 2.05) is 18.4 Å². The highest BCUT2D eigenvalue weighted by molar-refractivity contribution is 7.16. The first-order valence-corrected chi connectivity index (χ1v) is 7.17. The molecule has 0 unspecified atom stereocenters. The standard InChI is InChI=1S/C12H15F3N4S/c1-2-16-11-18-9(8-4-7-20-10(8)19-11)17-6-3-5-12(13,14)15/h4,7H,2-3,5-6H2,1H3,(H2,16,17,18,19). The first kappa shape index (κ1) is 14.8. The van der Waals surface area contributed by atoms with E-state index in [4.69, 9.17) is 0 Å². The van der Waals surface area contributed by atoms with Crippen molar-refractivity contribution in [2.45, 2.75) is 25.9 Å². The molecule has 110 valence electrons. The van der Waals surface area contributed by atoms with Gasteiger partial charge in [-0.2, -0.15) is 18.2 Å². The van der Waals surface area contributed by atoms with Crippen LogP contribution in [-0.2, 0) is 0 Å². The fourth-order valence-electron chi connectivity index (χ4n) is 1.72. The first-order chi connectivity index (χ1) is 9.49. The van der Waals surface area contributed by atoms with Crippen LogP contribution in [0.3, 0.4) is 0 Å². The lowest BCUT2D eigenvalue weighted by Gasteiger charge is -2.10. The highest BCUT2D eigenvalue weighted by Crippen LogP contribution is 2.27. The number of halogens is 3. The first-order valence-electron chi connectivity index (χ1n) is 6.29. The van der Waals surface area contributed by atoms with Gasteiger partial charge in [0.05, 0.1) is 5.39 Å². The Bertz CT molecular complexity index is 567. The Balaban J connectivity index is 2.06. The third-order valence-electron chi connectivity index (χ3n) is 2.59. The number of thiophene rings is 1. The Morgan fingerprint density at radius 2 is 2.05 bits per heavy atom. The van der Waals surface area contributed by atoms with Crippen molar-refractivity contribution in [3.05, 3.63) is 11.4 Å². The average Bonchev–Trinajstić information content (AvgIpc) is 2.82. The Morgan fingerprint density at radius 1 is 1.25 bits per heavy atom. The third kappa shape index (κ3) is 3.96. The van der Waals surface area contributed by atoms with Crippen molar-refractivity contribution in [2.75, 3.05) is 23.7 Å². The monoisotopic (exact) mass is 304 g/mol. The zero-order valence-corrected chi connectivity index (χ0v) is 11.7. The molecule has 0 aromatic carbocycles. The zero-order chi connectivity index (χ0) is 14.6. The molecule has 2 heterocycles. The number of anilines is 2. The molecule has 0 fully saturated rings. The summed E-state index contributed by atoms with van der Waals surface area (Å²) in [4.78, 5) is 9.43. The van der Waals surface area contributed by atoms with Crippen LogP contribution in [0.2, 0.25) is 0 Å². The summed E-state index contributed by atoms with van der Waals surface area (Å²) in [5, 5.41) is 8.69. The number of hydrogen-bond donors (Lipinski definition) is 2. The van der Waals surface area contributed by atoms with Crippen molar-refractivity contribution in [2.24, 2.45) is 0 Å². The van der Waals surface area contributed by atoms with Crippen LogP contribution in [0.1, 0.15) is 19.8 Å². The van der Waals surface area contributed by atoms with E-state index < -0.39 is 12.6 Å². The van der Waals surface area contributed by atoms with Crippen LogP contribution in [0.4, 0.5) is 24.9 Å². The van der Waals surface area contributed by atoms with Crippen LogP contribution in [0, 0.1) is 0 Å². The molecular weight excluding hydrogens is 289 g/mol. The van der Waals surface area contributed by atoms with Gasteiger partial charge in [-0.25, -0.2) is 4.98 Å². The minimum Gasteiger partial charge on any atom is -0.369 e. The molecule has 2 N–H and O–H groups in total. The smallest absolute Gasteiger partial charge is 0.369 e. The largest absolute Gasteiger partial charge is 0.389 e. The van der Waals surface area contributed by atoms with E-state index >= 15 is 0 Å². The summed E-state index contributed by atoms with van der Waals surface area (Å²) in [5.74, 6) is 1.06. The number of nitrogens with one attached hydrogen (secondary N) is 2. The lowest BCUT2D eigenvalue weighted by molar-refractivity contribution is -0.134. The number of hydrogen-bond acceptors (Lipinski definition) is 5. The summed E-state index contributed by atoms with van der Waals surface area (Å²) in [6.07, 6.45) is -4.88. The van der Waals surface area contributed by atoms with Gasteiger partial charge in [0.1, 0.15) is 10.6 Å². The molecule has 0 aliphatic rings. The summed E-state index contributed by atoms with van der Waals surface area (Å²) in [6.45, 7) is 2.84. The van der Waals surface area contributed by atoms with Crippen LogP contribution in [0.25, 0.3) is 10.2 Å². The zero-order valence-electron chi connectivity index (χ0n) is 10.9. The molecule has 8 heteroatoms. The summed E-state index contributed by atoms with van der Waals surface area (Å²) < 4.78 is 36.3. The molecule has 0 saturated heterocycles. The molecule has 4 nitrogen and oxygen atoms in total. The quantitative estimate of drug-likeness (QED) is 0.795. The number of fused-ring (bicyclic) bond motifs is 1. The van der Waals surface area contributed by atoms with Gasteiger partial charge in [-0.1, -0.05) is 0 Å². The normalized spacial score (nSPS) is 11.8. The topological polar surface area (TPSA) is 49.8 Å². The molecule has 20 heavy (non-hydrogen) atoms. The maximum Gasteiger partial charge on any atom is 0.389 e. The molecule has 0 amide bonds. The van der Waals surface area contributed by atoms with Crippen LogP contribution in [0.5, 0.6) is 0 Å². The van der Waals surface area contributed by atoms with Crippen molar-refractivity contribution < 1.29 is 13.2 Å². The molecule has 2 aromatic heterocycles. The van der Waals surface area contributed by atoms with Crippen molar-refractivity contribution in [1.29, 1.82) is 0 Å². The van der Waals surface area contributed by atoms with E-state index in [0.717, 1.165) is 10.2 Å². The molecule has 0 saturated carbocycles. The summed E-state index contributed by atoms with van der Waals surface area (Å²) >= 11 is 1.47. The second-order valence-corrected chi connectivity index (χ2v) is 5.11. The predicted molar refractivity (Wildman–Crippen MR) is 75.4 cm³/mol. The molecule has 0 atom stereocenters. The number of alkyl halides is 3. The Labute approximate surface area is 118 Å². The number of aromatic nitrogens is 2. The summed E-state index contributed by atoms with van der Waals surface area (Å²) in [7, 11) is 0. The predicted octanol–water partition coefficient (Wildman–Crippen LogP) is 3.88. The van der Waals surface area contributed by atoms with Gasteiger partial charge < -0.3 is 10.6 Å². The third-order valence-corrected chi connectivity index (χ3v) is 3.40. The number of rotatable bonds is 6. The fraction of sp³-hybridized carbons (Fsp3) is 0.500. The van der Waals surface area contributed by atoms with Gasteiger partial charge >= 0.3 is 6.18 Å². The maximum absolute atomic E-state index is 12.1. The second kappa shape index (κ2) is 6.25. The molecule has 2 rings (SSSR count). The van der Waals surface area contributed by atoms with Gasteiger partial charge in [0.2, 0.25) is 5.95 Å². The highest BCUT2D eigenvalue weighted by Gasteiger charge is 2.25. The van der Waals surface area contributed by atoms with Crippen molar-refractivity contribution in [3.63, 3.8) is 0 Å². The van der Waals surface area contributed by atoms with Gasteiger partial charge in [0, 0.05) is 19.5 Å². The molecule has 0 aliphatic carbocycles. The van der Waals surface area contributed by atoms with E-state index in [9.17, 15) is 13.2 Å². The maximum atomic E-state index is 12.1. The molecule has 0 bridgehead atoms. The SMILES string of the molecule is CCNc1nc(NCCCC(F)(F)F)c2ccsc2n1. The molecule has 2 aromatic rings. The van der Waals surface area contributed by atoms with E-state index in [1.54, 1.807) is 0 Å². The lowest BCUT2D eigenvalue weighted by atomic mass is 10.3. The highest BCUT2D eigenvalue weighted by atomic mass is 32.1. The minimum atomic E-state index is -4.11. The van der Waals surface area contributed by atoms with Crippen molar-refractivity contribution in [1.82, 2.24) is 9.97 Å². The van der Waals surface area contributed by atoms with Crippen LogP contribution < -0.4 is 10.6 Å². The molecular formula is C12H15F3N4S. The molecule has 0 radical (unpaired) electrons. The van der Waals surface area contributed by atoms with E-state index in [-0.39, 0.29) is 13.0 Å². The van der Waals surface area contributed by atoms with Crippen LogP contribution >= 0.6 is 11.3 Å². The fourth-order valence-corrected chi connectivity index (χ4v) is 2.49. The molecule has 0 spiro atoms. The van der Waals surface area contributed by atoms with Gasteiger partial charge in [0.25, 0.3) is 0 Å². The van der Waals surface area contributed by atoms with Crippen LogP contribution in [-0.4, -0.2) is 29.2 Å². The second-order valence-electron chi connectivity index (χ2n) is 4.21. The van der Waals surface area contributed by atoms with E-state index in [0.29, 0.717) is 18.3 Å². The van der Waals surface area contributed by atoms with Gasteiger partial charge in [0.15, 0.2) is 0 Å².